The molecule has 0 aromatic heterocycles. The predicted octanol–water partition coefficient (Wildman–Crippen LogP) is 3.16. The van der Waals surface area contributed by atoms with Crippen LogP contribution in [-0.2, 0) is 13.0 Å². The van der Waals surface area contributed by atoms with Crippen LogP contribution in [0.25, 0.3) is 0 Å². The van der Waals surface area contributed by atoms with E-state index in [-0.39, 0.29) is 23.9 Å². The van der Waals surface area contributed by atoms with E-state index in [1.807, 2.05) is 6.07 Å². The molecule has 2 aromatic rings. The predicted molar refractivity (Wildman–Crippen MR) is 96.6 cm³/mol. The summed E-state index contributed by atoms with van der Waals surface area (Å²) in [7, 11) is 3.02. The normalized spacial score (nSPS) is 12.6. The molecule has 0 radical (unpaired) electrons. The molecule has 5 nitrogen and oxygen atoms in total. The number of ether oxygens (including phenoxy) is 2. The highest BCUT2D eigenvalue weighted by Crippen LogP contribution is 2.26. The first-order valence-electron chi connectivity index (χ1n) is 7.67. The van der Waals surface area contributed by atoms with Gasteiger partial charge in [-0.3, -0.25) is 4.79 Å². The summed E-state index contributed by atoms with van der Waals surface area (Å²) >= 11 is 0. The van der Waals surface area contributed by atoms with Crippen molar-refractivity contribution in [3.63, 3.8) is 0 Å². The number of amides is 1. The Hall–Kier alpha value is -2.31. The second-order valence-electron chi connectivity index (χ2n) is 5.55. The van der Waals surface area contributed by atoms with Gasteiger partial charge in [0, 0.05) is 18.2 Å². The van der Waals surface area contributed by atoms with Gasteiger partial charge in [-0.25, -0.2) is 4.39 Å². The highest BCUT2D eigenvalue weighted by Gasteiger charge is 2.18. The number of halogens is 2. The van der Waals surface area contributed by atoms with Crippen LogP contribution in [0.5, 0.6) is 11.5 Å². The molecule has 1 aliphatic rings. The molecule has 0 saturated heterocycles. The smallest absolute Gasteiger partial charge is 0.256 e. The Morgan fingerprint density at radius 3 is 2.48 bits per heavy atom. The molecule has 0 saturated carbocycles. The number of hydrogen-bond donors (Lipinski definition) is 2. The van der Waals surface area contributed by atoms with E-state index in [0.717, 1.165) is 12.1 Å². The lowest BCUT2D eigenvalue weighted by molar-refractivity contribution is 0.102. The van der Waals surface area contributed by atoms with Crippen molar-refractivity contribution >= 4 is 24.0 Å². The van der Waals surface area contributed by atoms with E-state index in [1.54, 1.807) is 24.3 Å². The van der Waals surface area contributed by atoms with Crippen LogP contribution < -0.4 is 20.1 Å². The van der Waals surface area contributed by atoms with E-state index in [0.29, 0.717) is 35.6 Å². The Balaban J connectivity index is 0.00000225. The van der Waals surface area contributed by atoms with Crippen LogP contribution in [0.1, 0.15) is 21.5 Å². The van der Waals surface area contributed by atoms with Crippen LogP contribution >= 0.6 is 12.4 Å². The van der Waals surface area contributed by atoms with Gasteiger partial charge in [0.1, 0.15) is 17.3 Å². The van der Waals surface area contributed by atoms with Gasteiger partial charge in [-0.05, 0) is 42.3 Å². The number of anilines is 1. The first-order chi connectivity index (χ1) is 11.6. The number of hydrogen-bond acceptors (Lipinski definition) is 4. The highest BCUT2D eigenvalue weighted by atomic mass is 35.5. The molecule has 0 atom stereocenters. The Kier molecular flexibility index (Phi) is 6.22. The fraction of sp³-hybridized carbons (Fsp3) is 0.278. The van der Waals surface area contributed by atoms with Gasteiger partial charge in [-0.2, -0.15) is 0 Å². The van der Waals surface area contributed by atoms with E-state index in [1.165, 1.54) is 14.2 Å². The Morgan fingerprint density at radius 2 is 1.84 bits per heavy atom. The molecular weight excluding hydrogens is 347 g/mol. The molecule has 0 fully saturated rings. The third-order valence-electron chi connectivity index (χ3n) is 4.07. The fourth-order valence-corrected chi connectivity index (χ4v) is 2.76. The second-order valence-corrected chi connectivity index (χ2v) is 5.55. The molecular formula is C18H20ClFN2O3. The van der Waals surface area contributed by atoms with E-state index in [2.05, 4.69) is 10.6 Å². The van der Waals surface area contributed by atoms with Crippen LogP contribution in [0, 0.1) is 5.82 Å². The zero-order valence-electron chi connectivity index (χ0n) is 14.0. The van der Waals surface area contributed by atoms with Crippen molar-refractivity contribution in [3.05, 3.63) is 52.8 Å². The molecule has 0 bridgehead atoms. The second kappa shape index (κ2) is 8.18. The lowest BCUT2D eigenvalue weighted by Gasteiger charge is -2.19. The van der Waals surface area contributed by atoms with Crippen LogP contribution in [0.4, 0.5) is 10.1 Å². The zero-order chi connectivity index (χ0) is 17.1. The summed E-state index contributed by atoms with van der Waals surface area (Å²) in [5, 5.41) is 5.83. The van der Waals surface area contributed by atoms with Crippen LogP contribution in [0.2, 0.25) is 0 Å². The van der Waals surface area contributed by atoms with Gasteiger partial charge >= 0.3 is 0 Å². The molecule has 1 aliphatic heterocycles. The van der Waals surface area contributed by atoms with Crippen molar-refractivity contribution in [3.8, 4) is 11.5 Å². The number of nitrogens with one attached hydrogen (secondary N) is 2. The number of carbonyl (C=O) groups excluding carboxylic acids is 1. The highest BCUT2D eigenvalue weighted by molar-refractivity contribution is 6.05. The molecule has 2 N–H and O–H groups in total. The van der Waals surface area contributed by atoms with E-state index >= 15 is 0 Å². The minimum absolute atomic E-state index is 0. The van der Waals surface area contributed by atoms with Gasteiger partial charge in [-0.15, -0.1) is 12.4 Å². The van der Waals surface area contributed by atoms with Crippen molar-refractivity contribution in [1.82, 2.24) is 5.32 Å². The van der Waals surface area contributed by atoms with E-state index in [4.69, 9.17) is 9.47 Å². The van der Waals surface area contributed by atoms with Gasteiger partial charge in [0.05, 0.1) is 19.9 Å². The third-order valence-corrected chi connectivity index (χ3v) is 4.07. The number of rotatable bonds is 4. The van der Waals surface area contributed by atoms with Crippen LogP contribution in [0.15, 0.2) is 30.3 Å². The molecule has 2 aromatic carbocycles. The van der Waals surface area contributed by atoms with Gasteiger partial charge in [0.15, 0.2) is 0 Å². The van der Waals surface area contributed by atoms with Crippen molar-refractivity contribution in [2.45, 2.75) is 13.0 Å². The zero-order valence-corrected chi connectivity index (χ0v) is 14.8. The molecule has 0 spiro atoms. The van der Waals surface area contributed by atoms with Crippen LogP contribution in [0.3, 0.4) is 0 Å². The van der Waals surface area contributed by atoms with Crippen molar-refractivity contribution in [2.75, 3.05) is 26.1 Å². The SMILES string of the molecule is COc1cc(OC)cc(C(=O)Nc2ccc3c(c2F)CCNC3)c1.Cl. The van der Waals surface area contributed by atoms with Crippen molar-refractivity contribution < 1.29 is 18.7 Å². The first-order valence-corrected chi connectivity index (χ1v) is 7.67. The van der Waals surface area contributed by atoms with Crippen molar-refractivity contribution in [2.24, 2.45) is 0 Å². The maximum Gasteiger partial charge on any atom is 0.256 e. The quantitative estimate of drug-likeness (QED) is 0.872. The fourth-order valence-electron chi connectivity index (χ4n) is 2.76. The van der Waals surface area contributed by atoms with Gasteiger partial charge in [0.2, 0.25) is 0 Å². The molecule has 1 amide bonds. The third kappa shape index (κ3) is 4.03. The average Bonchev–Trinajstić information content (AvgIpc) is 2.63. The Labute approximate surface area is 151 Å². The monoisotopic (exact) mass is 366 g/mol. The lowest BCUT2D eigenvalue weighted by atomic mass is 9.99. The summed E-state index contributed by atoms with van der Waals surface area (Å²) in [5.74, 6) is 0.213. The summed E-state index contributed by atoms with van der Waals surface area (Å²) in [6, 6.07) is 8.27. The maximum atomic E-state index is 14.6. The van der Waals surface area contributed by atoms with E-state index < -0.39 is 5.91 Å². The minimum Gasteiger partial charge on any atom is -0.497 e. The molecule has 0 aliphatic carbocycles. The largest absolute Gasteiger partial charge is 0.497 e. The van der Waals surface area contributed by atoms with Gasteiger partial charge in [0.25, 0.3) is 5.91 Å². The molecule has 25 heavy (non-hydrogen) atoms. The number of methoxy groups -OCH3 is 2. The van der Waals surface area contributed by atoms with Crippen molar-refractivity contribution in [1.29, 1.82) is 0 Å². The van der Waals surface area contributed by atoms with Gasteiger partial charge in [-0.1, -0.05) is 6.07 Å². The lowest BCUT2D eigenvalue weighted by Crippen LogP contribution is -2.25. The first kappa shape index (κ1) is 19.0. The average molecular weight is 367 g/mol. The summed E-state index contributed by atoms with van der Waals surface area (Å²) in [6.07, 6.45) is 0.609. The van der Waals surface area contributed by atoms with Crippen LogP contribution in [-0.4, -0.2) is 26.7 Å². The number of benzene rings is 2. The number of carbonyl (C=O) groups is 1. The molecule has 1 heterocycles. The van der Waals surface area contributed by atoms with E-state index in [9.17, 15) is 9.18 Å². The summed E-state index contributed by atoms with van der Waals surface area (Å²) in [5.41, 5.74) is 2.11. The van der Waals surface area contributed by atoms with Gasteiger partial charge < -0.3 is 20.1 Å². The summed E-state index contributed by atoms with van der Waals surface area (Å²) < 4.78 is 24.9. The summed E-state index contributed by atoms with van der Waals surface area (Å²) in [4.78, 5) is 12.5. The molecule has 7 heteroatoms. The standard InChI is InChI=1S/C18H19FN2O3.ClH/c1-23-13-7-12(8-14(9-13)24-2)18(22)21-16-4-3-11-10-20-6-5-15(11)17(16)19;/h3-4,7-9,20H,5-6,10H2,1-2H3,(H,21,22);1H. The minimum atomic E-state index is -0.417. The Bertz CT molecular complexity index is 761. The molecule has 3 rings (SSSR count). The molecule has 0 unspecified atom stereocenters. The molecule has 134 valence electrons. The number of fused-ring (bicyclic) bond motifs is 1. The maximum absolute atomic E-state index is 14.6. The summed E-state index contributed by atoms with van der Waals surface area (Å²) in [6.45, 7) is 1.38. The topological polar surface area (TPSA) is 59.6 Å². The Morgan fingerprint density at radius 1 is 1.16 bits per heavy atom.